The Kier molecular flexibility index (Phi) is 4.59. The van der Waals surface area contributed by atoms with Crippen molar-refractivity contribution < 1.29 is 22.3 Å². The molecular weight excluding hydrogens is 248 g/mol. The molecule has 1 saturated carbocycles. The second-order valence-electron chi connectivity index (χ2n) is 4.01. The molecule has 0 spiro atoms. The van der Waals surface area contributed by atoms with Gasteiger partial charge in [0.1, 0.15) is 23.5 Å². The summed E-state index contributed by atoms with van der Waals surface area (Å²) >= 11 is 0. The summed E-state index contributed by atoms with van der Waals surface area (Å²) in [6.45, 7) is 5.42. The van der Waals surface area contributed by atoms with Crippen LogP contribution in [0.5, 0.6) is 5.75 Å². The minimum atomic E-state index is -2.70. The van der Waals surface area contributed by atoms with Crippen molar-refractivity contribution in [1.82, 2.24) is 0 Å². The van der Waals surface area contributed by atoms with E-state index < -0.39 is 36.5 Å². The number of hydrogen-bond donors (Lipinski definition) is 0. The summed E-state index contributed by atoms with van der Waals surface area (Å²) in [7, 11) is 0. The minimum absolute atomic E-state index is 0.00185. The molecule has 0 aliphatic heterocycles. The first-order chi connectivity index (χ1) is 8.37. The van der Waals surface area contributed by atoms with Crippen LogP contribution < -0.4 is 4.74 Å². The monoisotopic (exact) mass is 264 g/mol. The Morgan fingerprint density at radius 1 is 1.17 bits per heavy atom. The second-order valence-corrected chi connectivity index (χ2v) is 4.01. The molecule has 0 atom stereocenters. The summed E-state index contributed by atoms with van der Waals surface area (Å²) in [4.78, 5) is 0. The van der Waals surface area contributed by atoms with E-state index in [9.17, 15) is 17.6 Å². The van der Waals surface area contributed by atoms with Crippen LogP contribution in [0.3, 0.4) is 0 Å². The normalized spacial score (nSPS) is 17.5. The molecule has 1 aliphatic rings. The molecule has 1 fully saturated rings. The largest absolute Gasteiger partial charge is 0.489 e. The zero-order valence-corrected chi connectivity index (χ0v) is 10.6. The molecule has 102 valence electrons. The first-order valence-corrected chi connectivity index (χ1v) is 5.87. The molecule has 0 unspecified atom stereocenters. The molecule has 0 N–H and O–H groups in total. The molecule has 0 radical (unpaired) electrons. The molecule has 0 aromatic heterocycles. The van der Waals surface area contributed by atoms with E-state index in [1.54, 1.807) is 0 Å². The molecule has 0 bridgehead atoms. The van der Waals surface area contributed by atoms with E-state index in [4.69, 9.17) is 4.74 Å². The second kappa shape index (κ2) is 5.59. The minimum Gasteiger partial charge on any atom is -0.489 e. The van der Waals surface area contributed by atoms with Gasteiger partial charge in [-0.3, -0.25) is 0 Å². The van der Waals surface area contributed by atoms with E-state index in [0.717, 1.165) is 12.1 Å². The highest BCUT2D eigenvalue weighted by Gasteiger charge is 2.47. The van der Waals surface area contributed by atoms with Crippen molar-refractivity contribution in [2.24, 2.45) is 0 Å². The van der Waals surface area contributed by atoms with Crippen molar-refractivity contribution in [3.63, 3.8) is 0 Å². The summed E-state index contributed by atoms with van der Waals surface area (Å²) in [6, 6.07) is 1.74. The summed E-state index contributed by atoms with van der Waals surface area (Å²) in [5.74, 6) is -4.21. The van der Waals surface area contributed by atoms with Crippen LogP contribution in [0.4, 0.5) is 17.6 Å². The fraction of sp³-hybridized carbons (Fsp3) is 0.538. The molecular formula is C13H16F4O. The molecule has 1 aromatic rings. The third kappa shape index (κ3) is 3.37. The number of ether oxygens (including phenoxy) is 1. The Labute approximate surface area is 104 Å². The lowest BCUT2D eigenvalue weighted by molar-refractivity contribution is -0.134. The smallest absolute Gasteiger partial charge is 0.255 e. The lowest BCUT2D eigenvalue weighted by Crippen LogP contribution is -2.43. The average Bonchev–Trinajstić information content (AvgIpc) is 2.25. The van der Waals surface area contributed by atoms with Gasteiger partial charge in [0.25, 0.3) is 5.92 Å². The third-order valence-corrected chi connectivity index (χ3v) is 2.61. The average molecular weight is 264 g/mol. The van der Waals surface area contributed by atoms with Crippen molar-refractivity contribution in [3.8, 4) is 5.75 Å². The Morgan fingerprint density at radius 2 is 1.72 bits per heavy atom. The van der Waals surface area contributed by atoms with E-state index in [1.807, 2.05) is 13.8 Å². The molecule has 1 nitrogen and oxygen atoms in total. The zero-order chi connectivity index (χ0) is 13.9. The zero-order valence-electron chi connectivity index (χ0n) is 10.6. The molecule has 1 aromatic carbocycles. The van der Waals surface area contributed by atoms with Crippen molar-refractivity contribution in [3.05, 3.63) is 29.3 Å². The topological polar surface area (TPSA) is 9.23 Å². The number of hydrogen-bond acceptors (Lipinski definition) is 1. The van der Waals surface area contributed by atoms with Gasteiger partial charge in [0, 0.05) is 30.5 Å². The van der Waals surface area contributed by atoms with Crippen LogP contribution >= 0.6 is 0 Å². The third-order valence-electron chi connectivity index (χ3n) is 2.61. The van der Waals surface area contributed by atoms with Crippen LogP contribution in [-0.4, -0.2) is 12.0 Å². The molecule has 1 aliphatic carbocycles. The predicted octanol–water partition coefficient (Wildman–Crippen LogP) is 4.48. The van der Waals surface area contributed by atoms with Crippen LogP contribution in [0.1, 0.15) is 32.3 Å². The number of halogens is 4. The van der Waals surface area contributed by atoms with Crippen molar-refractivity contribution >= 4 is 0 Å². The first kappa shape index (κ1) is 14.8. The van der Waals surface area contributed by atoms with Gasteiger partial charge in [-0.25, -0.2) is 17.6 Å². The van der Waals surface area contributed by atoms with Crippen LogP contribution in [0, 0.1) is 18.6 Å². The van der Waals surface area contributed by atoms with Crippen LogP contribution in [0.25, 0.3) is 0 Å². The maximum absolute atomic E-state index is 13.1. The van der Waals surface area contributed by atoms with E-state index in [2.05, 4.69) is 0 Å². The van der Waals surface area contributed by atoms with Gasteiger partial charge in [-0.1, -0.05) is 13.8 Å². The van der Waals surface area contributed by atoms with Crippen molar-refractivity contribution in [2.45, 2.75) is 45.6 Å². The SMILES string of the molecule is CC.Cc1c(F)cc(F)cc1OC1CC(F)(F)C1. The number of rotatable bonds is 2. The highest BCUT2D eigenvalue weighted by molar-refractivity contribution is 5.34. The molecule has 5 heteroatoms. The molecule has 0 amide bonds. The van der Waals surface area contributed by atoms with E-state index in [1.165, 1.54) is 6.92 Å². The summed E-state index contributed by atoms with van der Waals surface area (Å²) < 4.78 is 56.1. The Bertz CT molecular complexity index is 410. The predicted molar refractivity (Wildman–Crippen MR) is 61.0 cm³/mol. The van der Waals surface area contributed by atoms with Crippen LogP contribution in [-0.2, 0) is 0 Å². The number of alkyl halides is 2. The summed E-state index contributed by atoms with van der Waals surface area (Å²) in [5.41, 5.74) is 0.136. The fourth-order valence-corrected chi connectivity index (χ4v) is 1.61. The Balaban J connectivity index is 0.000000771. The Morgan fingerprint density at radius 3 is 2.22 bits per heavy atom. The fourth-order valence-electron chi connectivity index (χ4n) is 1.61. The summed E-state index contributed by atoms with van der Waals surface area (Å²) in [5, 5.41) is 0. The quantitative estimate of drug-likeness (QED) is 0.716. The van der Waals surface area contributed by atoms with E-state index >= 15 is 0 Å². The lowest BCUT2D eigenvalue weighted by Gasteiger charge is -2.35. The van der Waals surface area contributed by atoms with Gasteiger partial charge in [-0.15, -0.1) is 0 Å². The van der Waals surface area contributed by atoms with Gasteiger partial charge < -0.3 is 4.74 Å². The van der Waals surface area contributed by atoms with Crippen molar-refractivity contribution in [2.75, 3.05) is 0 Å². The van der Waals surface area contributed by atoms with Gasteiger partial charge in [-0.05, 0) is 6.92 Å². The first-order valence-electron chi connectivity index (χ1n) is 5.87. The van der Waals surface area contributed by atoms with E-state index in [-0.39, 0.29) is 11.3 Å². The number of benzene rings is 1. The highest BCUT2D eigenvalue weighted by atomic mass is 19.3. The van der Waals surface area contributed by atoms with Gasteiger partial charge in [0.2, 0.25) is 0 Å². The van der Waals surface area contributed by atoms with Gasteiger partial charge >= 0.3 is 0 Å². The van der Waals surface area contributed by atoms with Crippen molar-refractivity contribution in [1.29, 1.82) is 0 Å². The van der Waals surface area contributed by atoms with Gasteiger partial charge in [0.05, 0.1) is 0 Å². The maximum atomic E-state index is 13.1. The van der Waals surface area contributed by atoms with Gasteiger partial charge in [-0.2, -0.15) is 0 Å². The van der Waals surface area contributed by atoms with Crippen LogP contribution in [0.15, 0.2) is 12.1 Å². The molecule has 0 saturated heterocycles. The molecule has 2 rings (SSSR count). The maximum Gasteiger partial charge on any atom is 0.255 e. The van der Waals surface area contributed by atoms with Crippen LogP contribution in [0.2, 0.25) is 0 Å². The molecule has 0 heterocycles. The lowest BCUT2D eigenvalue weighted by atomic mass is 9.91. The Hall–Kier alpha value is -1.26. The van der Waals surface area contributed by atoms with Gasteiger partial charge in [0.15, 0.2) is 0 Å². The standard InChI is InChI=1S/C11H10F4O.C2H6/c1-6-9(13)2-7(12)3-10(6)16-8-4-11(14,15)5-8;1-2/h2-3,8H,4-5H2,1H3;1-2H3. The summed E-state index contributed by atoms with van der Waals surface area (Å²) in [6.07, 6.45) is -1.45. The molecule has 18 heavy (non-hydrogen) atoms. The highest BCUT2D eigenvalue weighted by Crippen LogP contribution is 2.40. The van der Waals surface area contributed by atoms with E-state index in [0.29, 0.717) is 0 Å².